The number of carbonyl (C=O) groups is 1. The van der Waals surface area contributed by atoms with Crippen molar-refractivity contribution in [3.8, 4) is 17.0 Å². The van der Waals surface area contributed by atoms with Crippen LogP contribution in [0.1, 0.15) is 27.9 Å². The molecule has 0 unspecified atom stereocenters. The Morgan fingerprint density at radius 3 is 2.73 bits per heavy atom. The summed E-state index contributed by atoms with van der Waals surface area (Å²) in [6.45, 7) is 4.27. The lowest BCUT2D eigenvalue weighted by molar-refractivity contribution is 0.0531. The van der Waals surface area contributed by atoms with Crippen LogP contribution in [0.3, 0.4) is 0 Å². The van der Waals surface area contributed by atoms with Crippen LogP contribution >= 0.6 is 11.3 Å². The predicted octanol–water partition coefficient (Wildman–Crippen LogP) is 5.00. The minimum absolute atomic E-state index is 0.162. The number of benzene rings is 2. The molecule has 0 amide bonds. The van der Waals surface area contributed by atoms with E-state index in [1.165, 1.54) is 23.5 Å². The van der Waals surface area contributed by atoms with Crippen molar-refractivity contribution in [2.75, 3.05) is 11.9 Å². The first-order valence-electron chi connectivity index (χ1n) is 9.44. The lowest BCUT2D eigenvalue weighted by Crippen LogP contribution is -2.07. The molecular formula is C22H20FN3O3S. The van der Waals surface area contributed by atoms with Gasteiger partial charge in [0.1, 0.15) is 28.0 Å². The van der Waals surface area contributed by atoms with E-state index in [1.54, 1.807) is 37.3 Å². The maximum absolute atomic E-state index is 13.6. The van der Waals surface area contributed by atoms with E-state index in [0.717, 1.165) is 11.1 Å². The molecule has 0 atom stereocenters. The van der Waals surface area contributed by atoms with Crippen molar-refractivity contribution >= 4 is 28.1 Å². The number of hydrogen-bond acceptors (Lipinski definition) is 6. The number of ether oxygens (including phenoxy) is 1. The second kappa shape index (κ2) is 8.16. The van der Waals surface area contributed by atoms with Crippen LogP contribution in [-0.2, 0) is 11.3 Å². The summed E-state index contributed by atoms with van der Waals surface area (Å²) in [4.78, 5) is 18.2. The molecule has 154 valence electrons. The van der Waals surface area contributed by atoms with Gasteiger partial charge in [0.15, 0.2) is 4.96 Å². The Morgan fingerprint density at radius 2 is 2.03 bits per heavy atom. The Balaban J connectivity index is 1.80. The van der Waals surface area contributed by atoms with Crippen LogP contribution in [0.2, 0.25) is 0 Å². The molecule has 6 nitrogen and oxygen atoms in total. The van der Waals surface area contributed by atoms with Crippen LogP contribution in [0.15, 0.2) is 48.5 Å². The van der Waals surface area contributed by atoms with Gasteiger partial charge in [-0.3, -0.25) is 4.40 Å². The molecular weight excluding hydrogens is 405 g/mol. The number of aromatic hydroxyl groups is 1. The predicted molar refractivity (Wildman–Crippen MR) is 115 cm³/mol. The third-order valence-corrected chi connectivity index (χ3v) is 5.78. The van der Waals surface area contributed by atoms with E-state index in [1.807, 2.05) is 17.4 Å². The molecule has 4 aromatic rings. The molecule has 0 saturated carbocycles. The van der Waals surface area contributed by atoms with Crippen molar-refractivity contribution in [3.05, 3.63) is 70.5 Å². The van der Waals surface area contributed by atoms with Crippen molar-refractivity contribution in [2.45, 2.75) is 20.4 Å². The molecule has 0 bridgehead atoms. The van der Waals surface area contributed by atoms with Crippen molar-refractivity contribution in [3.63, 3.8) is 0 Å². The molecule has 0 spiro atoms. The highest BCUT2D eigenvalue weighted by atomic mass is 32.1. The summed E-state index contributed by atoms with van der Waals surface area (Å²) in [5.41, 5.74) is 2.98. The number of fused-ring (bicyclic) bond motifs is 1. The standard InChI is InChI=1S/C22H20FN3O3S/c1-3-29-21(28)19-13(2)26-20(24-12-14-5-4-6-16(23)11-14)18(25-22(26)30-19)15-7-9-17(27)10-8-15/h4-11,24,27H,3,12H2,1-2H3. The molecule has 0 aliphatic carbocycles. The van der Waals surface area contributed by atoms with Crippen molar-refractivity contribution < 1.29 is 19.0 Å². The number of imidazole rings is 1. The fourth-order valence-corrected chi connectivity index (χ4v) is 4.27. The maximum Gasteiger partial charge on any atom is 0.350 e. The maximum atomic E-state index is 13.6. The molecule has 0 aliphatic rings. The third-order valence-electron chi connectivity index (χ3n) is 4.65. The number of phenols is 1. The van der Waals surface area contributed by atoms with E-state index in [-0.39, 0.29) is 17.5 Å². The first kappa shape index (κ1) is 19.9. The summed E-state index contributed by atoms with van der Waals surface area (Å²) in [6.07, 6.45) is 0. The normalized spacial score (nSPS) is 11.0. The zero-order valence-electron chi connectivity index (χ0n) is 16.5. The van der Waals surface area contributed by atoms with Gasteiger partial charge in [0.2, 0.25) is 0 Å². The van der Waals surface area contributed by atoms with Gasteiger partial charge in [0.25, 0.3) is 0 Å². The Bertz CT molecular complexity index is 1210. The van der Waals surface area contributed by atoms with Crippen LogP contribution in [0.4, 0.5) is 10.2 Å². The first-order valence-corrected chi connectivity index (χ1v) is 10.3. The van der Waals surface area contributed by atoms with Gasteiger partial charge < -0.3 is 15.2 Å². The van der Waals surface area contributed by atoms with Crippen LogP contribution in [0, 0.1) is 12.7 Å². The molecule has 2 heterocycles. The van der Waals surface area contributed by atoms with Crippen LogP contribution in [0.5, 0.6) is 5.75 Å². The van der Waals surface area contributed by atoms with Gasteiger partial charge in [0.05, 0.1) is 6.61 Å². The molecule has 30 heavy (non-hydrogen) atoms. The average molecular weight is 425 g/mol. The first-order chi connectivity index (χ1) is 14.5. The largest absolute Gasteiger partial charge is 0.508 e. The number of rotatable bonds is 6. The van der Waals surface area contributed by atoms with E-state index in [0.29, 0.717) is 40.2 Å². The quantitative estimate of drug-likeness (QED) is 0.425. The van der Waals surface area contributed by atoms with E-state index >= 15 is 0 Å². The van der Waals surface area contributed by atoms with Crippen molar-refractivity contribution in [1.82, 2.24) is 9.38 Å². The molecule has 0 fully saturated rings. The highest BCUT2D eigenvalue weighted by Gasteiger charge is 2.23. The smallest absolute Gasteiger partial charge is 0.350 e. The Morgan fingerprint density at radius 1 is 1.27 bits per heavy atom. The fourth-order valence-electron chi connectivity index (χ4n) is 3.25. The van der Waals surface area contributed by atoms with E-state index in [4.69, 9.17) is 9.72 Å². The number of anilines is 1. The summed E-state index contributed by atoms with van der Waals surface area (Å²) < 4.78 is 20.6. The fraction of sp³-hybridized carbons (Fsp3) is 0.182. The summed E-state index contributed by atoms with van der Waals surface area (Å²) in [6, 6.07) is 13.1. The Hall–Kier alpha value is -3.39. The van der Waals surface area contributed by atoms with E-state index in [2.05, 4.69) is 5.32 Å². The molecule has 0 aliphatic heterocycles. The third kappa shape index (κ3) is 3.73. The second-order valence-corrected chi connectivity index (χ2v) is 7.67. The van der Waals surface area contributed by atoms with Gasteiger partial charge in [-0.2, -0.15) is 0 Å². The zero-order valence-corrected chi connectivity index (χ0v) is 17.3. The van der Waals surface area contributed by atoms with Crippen molar-refractivity contribution in [1.29, 1.82) is 0 Å². The van der Waals surface area contributed by atoms with Gasteiger partial charge in [-0.05, 0) is 55.8 Å². The van der Waals surface area contributed by atoms with Gasteiger partial charge in [-0.1, -0.05) is 23.5 Å². The number of thiazole rings is 1. The number of phenolic OH excluding ortho intramolecular Hbond substituents is 1. The number of nitrogens with zero attached hydrogens (tertiary/aromatic N) is 2. The Labute approximate surface area is 176 Å². The molecule has 0 saturated heterocycles. The average Bonchev–Trinajstić information content (AvgIpc) is 3.24. The molecule has 4 rings (SSSR count). The number of aryl methyl sites for hydroxylation is 1. The minimum Gasteiger partial charge on any atom is -0.508 e. The van der Waals surface area contributed by atoms with Crippen LogP contribution in [-0.4, -0.2) is 27.1 Å². The zero-order chi connectivity index (χ0) is 21.3. The van der Waals surface area contributed by atoms with Gasteiger partial charge in [-0.25, -0.2) is 14.2 Å². The van der Waals surface area contributed by atoms with E-state index < -0.39 is 0 Å². The second-order valence-electron chi connectivity index (χ2n) is 6.69. The molecule has 0 radical (unpaired) electrons. The molecule has 2 N–H and O–H groups in total. The summed E-state index contributed by atoms with van der Waals surface area (Å²) in [5, 5.41) is 13.0. The lowest BCUT2D eigenvalue weighted by Gasteiger charge is -2.10. The van der Waals surface area contributed by atoms with E-state index in [9.17, 15) is 14.3 Å². The number of aromatic nitrogens is 2. The topological polar surface area (TPSA) is 75.9 Å². The van der Waals surface area contributed by atoms with Crippen LogP contribution < -0.4 is 5.32 Å². The van der Waals surface area contributed by atoms with Gasteiger partial charge in [-0.15, -0.1) is 0 Å². The highest BCUT2D eigenvalue weighted by molar-refractivity contribution is 7.19. The lowest BCUT2D eigenvalue weighted by atomic mass is 10.1. The number of carbonyl (C=O) groups excluding carboxylic acids is 1. The van der Waals surface area contributed by atoms with Crippen LogP contribution in [0.25, 0.3) is 16.2 Å². The molecule has 2 aromatic heterocycles. The van der Waals surface area contributed by atoms with Crippen molar-refractivity contribution in [2.24, 2.45) is 0 Å². The Kier molecular flexibility index (Phi) is 5.41. The number of nitrogens with one attached hydrogen (secondary N) is 1. The number of esters is 1. The van der Waals surface area contributed by atoms with Gasteiger partial charge >= 0.3 is 5.97 Å². The SMILES string of the molecule is CCOC(=O)c1sc2nc(-c3ccc(O)cc3)c(NCc3cccc(F)c3)n2c1C. The summed E-state index contributed by atoms with van der Waals surface area (Å²) >= 11 is 1.26. The summed E-state index contributed by atoms with van der Waals surface area (Å²) in [7, 11) is 0. The minimum atomic E-state index is -0.382. The van der Waals surface area contributed by atoms with Gasteiger partial charge in [0, 0.05) is 17.8 Å². The summed E-state index contributed by atoms with van der Waals surface area (Å²) in [5.74, 6) is 0.162. The highest BCUT2D eigenvalue weighted by Crippen LogP contribution is 2.35. The number of hydrogen-bond donors (Lipinski definition) is 2. The molecule has 8 heteroatoms. The monoisotopic (exact) mass is 425 g/mol. The molecule has 2 aromatic carbocycles. The number of halogens is 1.